The average molecular weight is 500 g/mol. The number of carboxylic acids is 1. The van der Waals surface area contributed by atoms with Crippen LogP contribution < -0.4 is 10.1 Å². The highest BCUT2D eigenvalue weighted by atomic mass is 19.4. The lowest BCUT2D eigenvalue weighted by atomic mass is 9.98. The second-order valence-electron chi connectivity index (χ2n) is 8.86. The molecular weight excluding hydrogens is 471 g/mol. The predicted molar refractivity (Wildman–Crippen MR) is 131 cm³/mol. The van der Waals surface area contributed by atoms with Gasteiger partial charge in [-0.25, -0.2) is 0 Å². The van der Waals surface area contributed by atoms with E-state index in [-0.39, 0.29) is 25.0 Å². The number of hydrogen-bond donors (Lipinski definition) is 2. The zero-order chi connectivity index (χ0) is 26.3. The van der Waals surface area contributed by atoms with E-state index in [1.54, 1.807) is 42.5 Å². The van der Waals surface area contributed by atoms with Crippen LogP contribution >= 0.6 is 0 Å². The number of aliphatic carboxylic acids is 1. The van der Waals surface area contributed by atoms with Crippen molar-refractivity contribution >= 4 is 11.9 Å². The van der Waals surface area contributed by atoms with Gasteiger partial charge in [0.1, 0.15) is 11.9 Å². The van der Waals surface area contributed by atoms with E-state index in [2.05, 4.69) is 19.2 Å². The maximum Gasteiger partial charge on any atom is 0.416 e. The molecule has 36 heavy (non-hydrogen) atoms. The number of carbonyl (C=O) groups is 2. The van der Waals surface area contributed by atoms with Crippen LogP contribution in [0.2, 0.25) is 0 Å². The molecule has 1 atom stereocenters. The fourth-order valence-corrected chi connectivity index (χ4v) is 3.68. The van der Waals surface area contributed by atoms with Gasteiger partial charge in [-0.2, -0.15) is 13.2 Å². The molecule has 0 aliphatic carbocycles. The van der Waals surface area contributed by atoms with E-state index in [1.165, 1.54) is 12.1 Å². The van der Waals surface area contributed by atoms with Crippen LogP contribution in [-0.2, 0) is 11.0 Å². The molecule has 1 amide bonds. The van der Waals surface area contributed by atoms with E-state index in [0.29, 0.717) is 29.2 Å². The van der Waals surface area contributed by atoms with Gasteiger partial charge in [0, 0.05) is 12.1 Å². The summed E-state index contributed by atoms with van der Waals surface area (Å²) in [5, 5.41) is 11.3. The summed E-state index contributed by atoms with van der Waals surface area (Å²) in [5.74, 6) is -0.448. The van der Waals surface area contributed by atoms with E-state index in [1.807, 2.05) is 6.07 Å². The van der Waals surface area contributed by atoms with Crippen molar-refractivity contribution in [2.45, 2.75) is 39.0 Å². The van der Waals surface area contributed by atoms with Crippen LogP contribution in [0.5, 0.6) is 5.75 Å². The molecule has 2 N–H and O–H groups in total. The summed E-state index contributed by atoms with van der Waals surface area (Å²) in [6, 6.07) is 19.1. The van der Waals surface area contributed by atoms with Gasteiger partial charge >= 0.3 is 12.1 Å². The van der Waals surface area contributed by atoms with Crippen LogP contribution in [0.4, 0.5) is 13.2 Å². The monoisotopic (exact) mass is 499 g/mol. The number of rotatable bonds is 10. The predicted octanol–water partition coefficient (Wildman–Crippen LogP) is 6.74. The van der Waals surface area contributed by atoms with Gasteiger partial charge in [0.15, 0.2) is 0 Å². The molecule has 8 heteroatoms. The Kier molecular flexibility index (Phi) is 8.74. The molecule has 0 heterocycles. The zero-order valence-electron chi connectivity index (χ0n) is 20.0. The van der Waals surface area contributed by atoms with Gasteiger partial charge in [0.25, 0.3) is 5.91 Å². The molecule has 0 aromatic heterocycles. The van der Waals surface area contributed by atoms with Crippen molar-refractivity contribution in [1.29, 1.82) is 0 Å². The summed E-state index contributed by atoms with van der Waals surface area (Å²) in [7, 11) is 0. The van der Waals surface area contributed by atoms with Crippen molar-refractivity contribution in [3.05, 3.63) is 89.5 Å². The van der Waals surface area contributed by atoms with Gasteiger partial charge in [-0.15, -0.1) is 0 Å². The lowest BCUT2D eigenvalue weighted by molar-refractivity contribution is -0.138. The van der Waals surface area contributed by atoms with Crippen molar-refractivity contribution in [2.75, 3.05) is 6.54 Å². The molecular formula is C28H28F3NO4. The largest absolute Gasteiger partial charge is 0.486 e. The maximum atomic E-state index is 12.9. The van der Waals surface area contributed by atoms with Crippen molar-refractivity contribution < 1.29 is 32.6 Å². The Hall–Kier alpha value is -3.81. The van der Waals surface area contributed by atoms with Gasteiger partial charge in [-0.3, -0.25) is 9.59 Å². The van der Waals surface area contributed by atoms with Crippen molar-refractivity contribution in [2.24, 2.45) is 5.92 Å². The van der Waals surface area contributed by atoms with Crippen LogP contribution in [0.3, 0.4) is 0 Å². The standard InChI is InChI=1S/C28H28F3NO4/c1-18(2)16-25(20-6-8-21(9-7-20)27(35)32-15-14-26(33)34)36-24-5-3-4-22(17-24)19-10-12-23(13-11-19)28(29,30)31/h3-13,17-18,25H,14-16H2,1-2H3,(H,32,35)(H,33,34). The molecule has 3 rings (SSSR count). The number of amides is 1. The molecule has 0 saturated carbocycles. The molecule has 0 spiro atoms. The summed E-state index contributed by atoms with van der Waals surface area (Å²) in [6.45, 7) is 4.18. The fourth-order valence-electron chi connectivity index (χ4n) is 3.68. The molecule has 1 unspecified atom stereocenters. The number of benzene rings is 3. The lowest BCUT2D eigenvalue weighted by Crippen LogP contribution is -2.26. The third kappa shape index (κ3) is 7.60. The summed E-state index contributed by atoms with van der Waals surface area (Å²) in [5.41, 5.74) is 1.96. The van der Waals surface area contributed by atoms with E-state index in [4.69, 9.17) is 9.84 Å². The number of ether oxygens (including phenoxy) is 1. The zero-order valence-corrected chi connectivity index (χ0v) is 20.0. The highest BCUT2D eigenvalue weighted by Gasteiger charge is 2.30. The van der Waals surface area contributed by atoms with E-state index in [0.717, 1.165) is 23.3 Å². The van der Waals surface area contributed by atoms with Crippen molar-refractivity contribution in [3.8, 4) is 16.9 Å². The molecule has 0 radical (unpaired) electrons. The molecule has 0 fully saturated rings. The molecule has 190 valence electrons. The second kappa shape index (κ2) is 11.7. The van der Waals surface area contributed by atoms with E-state index >= 15 is 0 Å². The number of carbonyl (C=O) groups excluding carboxylic acids is 1. The molecule has 3 aromatic carbocycles. The quantitative estimate of drug-likeness (QED) is 0.324. The summed E-state index contributed by atoms with van der Waals surface area (Å²) >= 11 is 0. The van der Waals surface area contributed by atoms with Crippen LogP contribution in [-0.4, -0.2) is 23.5 Å². The van der Waals surface area contributed by atoms with Gasteiger partial charge in [-0.1, -0.05) is 50.2 Å². The topological polar surface area (TPSA) is 75.6 Å². The normalized spacial score (nSPS) is 12.3. The van der Waals surface area contributed by atoms with E-state index in [9.17, 15) is 22.8 Å². The first-order valence-corrected chi connectivity index (χ1v) is 11.6. The average Bonchev–Trinajstić information content (AvgIpc) is 2.83. The Balaban J connectivity index is 1.76. The minimum atomic E-state index is -4.39. The third-order valence-corrected chi connectivity index (χ3v) is 5.51. The molecule has 0 aliphatic rings. The smallest absolute Gasteiger partial charge is 0.416 e. The Morgan fingerprint density at radius 2 is 1.61 bits per heavy atom. The van der Waals surface area contributed by atoms with Gasteiger partial charge in [-0.05, 0) is 65.4 Å². The van der Waals surface area contributed by atoms with Gasteiger partial charge < -0.3 is 15.2 Å². The Bertz CT molecular complexity index is 1170. The number of alkyl halides is 3. The fraction of sp³-hybridized carbons (Fsp3) is 0.286. The molecule has 3 aromatic rings. The Labute approximate surface area is 207 Å². The highest BCUT2D eigenvalue weighted by Crippen LogP contribution is 2.33. The summed E-state index contributed by atoms with van der Waals surface area (Å²) in [4.78, 5) is 22.8. The van der Waals surface area contributed by atoms with Crippen LogP contribution in [0.25, 0.3) is 11.1 Å². The highest BCUT2D eigenvalue weighted by molar-refractivity contribution is 5.94. The first-order chi connectivity index (χ1) is 17.0. The second-order valence-corrected chi connectivity index (χ2v) is 8.86. The molecule has 0 bridgehead atoms. The van der Waals surface area contributed by atoms with Crippen molar-refractivity contribution in [3.63, 3.8) is 0 Å². The first kappa shape index (κ1) is 26.8. The van der Waals surface area contributed by atoms with Gasteiger partial charge in [0.05, 0.1) is 12.0 Å². The van der Waals surface area contributed by atoms with Crippen LogP contribution in [0.1, 0.15) is 54.3 Å². The number of hydrogen-bond acceptors (Lipinski definition) is 3. The van der Waals surface area contributed by atoms with Crippen LogP contribution in [0, 0.1) is 5.92 Å². The Morgan fingerprint density at radius 1 is 0.944 bits per heavy atom. The van der Waals surface area contributed by atoms with E-state index < -0.39 is 17.7 Å². The number of carboxylic acid groups (broad SMARTS) is 1. The molecule has 5 nitrogen and oxygen atoms in total. The summed E-state index contributed by atoms with van der Waals surface area (Å²) < 4.78 is 45.0. The summed E-state index contributed by atoms with van der Waals surface area (Å²) in [6.07, 6.45) is -4.15. The number of halogens is 3. The van der Waals surface area contributed by atoms with Gasteiger partial charge in [0.2, 0.25) is 0 Å². The number of nitrogens with one attached hydrogen (secondary N) is 1. The minimum absolute atomic E-state index is 0.0459. The maximum absolute atomic E-state index is 12.9. The third-order valence-electron chi connectivity index (χ3n) is 5.51. The Morgan fingerprint density at radius 3 is 2.19 bits per heavy atom. The SMILES string of the molecule is CC(C)CC(Oc1cccc(-c2ccc(C(F)(F)F)cc2)c1)c1ccc(C(=O)NCCC(=O)O)cc1. The molecule has 0 aliphatic heterocycles. The van der Waals surface area contributed by atoms with Crippen LogP contribution in [0.15, 0.2) is 72.8 Å². The first-order valence-electron chi connectivity index (χ1n) is 11.6. The minimum Gasteiger partial charge on any atom is -0.486 e. The van der Waals surface area contributed by atoms with Crippen molar-refractivity contribution in [1.82, 2.24) is 5.32 Å². The molecule has 0 saturated heterocycles. The lowest BCUT2D eigenvalue weighted by Gasteiger charge is -2.22.